The summed E-state index contributed by atoms with van der Waals surface area (Å²) in [5, 5.41) is 11.8. The number of para-hydroxylation sites is 2. The number of likely N-dealkylation sites (N-methyl/N-ethyl adjacent to an activating group) is 1. The number of hydrogen-bond acceptors (Lipinski definition) is 5. The highest BCUT2D eigenvalue weighted by atomic mass is 16.6. The molecule has 1 amide bonds. The summed E-state index contributed by atoms with van der Waals surface area (Å²) in [6, 6.07) is 16.1. The van der Waals surface area contributed by atoms with E-state index in [4.69, 9.17) is 14.7 Å². The molecular weight excluding hydrogens is 330 g/mol. The zero-order chi connectivity index (χ0) is 18.5. The molecule has 2 aromatic carbocycles. The Morgan fingerprint density at radius 1 is 1.31 bits per heavy atom. The third kappa shape index (κ3) is 4.13. The average molecular weight is 351 g/mol. The molecule has 6 nitrogen and oxygen atoms in total. The second-order valence-corrected chi connectivity index (χ2v) is 6.30. The van der Waals surface area contributed by atoms with Gasteiger partial charge in [0.1, 0.15) is 12.7 Å². The quantitative estimate of drug-likeness (QED) is 0.896. The van der Waals surface area contributed by atoms with Crippen LogP contribution in [0.4, 0.5) is 5.69 Å². The van der Waals surface area contributed by atoms with Crippen LogP contribution in [0.25, 0.3) is 0 Å². The van der Waals surface area contributed by atoms with Gasteiger partial charge in [0.05, 0.1) is 17.7 Å². The predicted octanol–water partition coefficient (Wildman–Crippen LogP) is 2.66. The molecule has 6 heteroatoms. The van der Waals surface area contributed by atoms with Crippen LogP contribution in [0.3, 0.4) is 0 Å². The molecule has 1 aliphatic heterocycles. The fourth-order valence-electron chi connectivity index (χ4n) is 2.75. The smallest absolute Gasteiger partial charge is 0.241 e. The number of ether oxygens (including phenoxy) is 2. The Kier molecular flexibility index (Phi) is 5.40. The first-order chi connectivity index (χ1) is 12.6. The van der Waals surface area contributed by atoms with Crippen molar-refractivity contribution in [3.8, 4) is 17.6 Å². The Labute approximate surface area is 152 Å². The number of hydrogen-bond donors (Lipinski definition) is 1. The lowest BCUT2D eigenvalue weighted by Gasteiger charge is -2.31. The molecule has 3 rings (SSSR count). The largest absolute Gasteiger partial charge is 0.486 e. The Bertz CT molecular complexity index is 831. The summed E-state index contributed by atoms with van der Waals surface area (Å²) in [5.74, 6) is 1.33. The van der Waals surface area contributed by atoms with Crippen LogP contribution >= 0.6 is 0 Å². The fraction of sp³-hybridized carbons (Fsp3) is 0.300. The molecule has 134 valence electrons. The maximum absolute atomic E-state index is 12.5. The van der Waals surface area contributed by atoms with Crippen LogP contribution in [0.2, 0.25) is 0 Å². The van der Waals surface area contributed by atoms with Gasteiger partial charge in [-0.15, -0.1) is 0 Å². The lowest BCUT2D eigenvalue weighted by molar-refractivity contribution is -0.120. The second kappa shape index (κ2) is 7.89. The first kappa shape index (κ1) is 17.8. The highest BCUT2D eigenvalue weighted by Gasteiger charge is 2.26. The van der Waals surface area contributed by atoms with Crippen molar-refractivity contribution >= 4 is 11.6 Å². The van der Waals surface area contributed by atoms with Crippen molar-refractivity contribution in [2.24, 2.45) is 0 Å². The molecule has 0 unspecified atom stereocenters. The third-order valence-electron chi connectivity index (χ3n) is 4.36. The van der Waals surface area contributed by atoms with Gasteiger partial charge in [-0.25, -0.2) is 0 Å². The molecule has 0 radical (unpaired) electrons. The van der Waals surface area contributed by atoms with Gasteiger partial charge in [0.25, 0.3) is 0 Å². The summed E-state index contributed by atoms with van der Waals surface area (Å²) in [6.45, 7) is 2.84. The molecule has 1 N–H and O–H groups in total. The Morgan fingerprint density at radius 3 is 2.85 bits per heavy atom. The van der Waals surface area contributed by atoms with Gasteiger partial charge < -0.3 is 14.8 Å². The molecule has 0 saturated heterocycles. The van der Waals surface area contributed by atoms with E-state index in [-0.39, 0.29) is 18.1 Å². The number of anilines is 1. The van der Waals surface area contributed by atoms with E-state index in [0.29, 0.717) is 24.4 Å². The average Bonchev–Trinajstić information content (AvgIpc) is 2.67. The molecule has 26 heavy (non-hydrogen) atoms. The summed E-state index contributed by atoms with van der Waals surface area (Å²) in [6.07, 6.45) is -0.146. The van der Waals surface area contributed by atoms with E-state index < -0.39 is 0 Å². The van der Waals surface area contributed by atoms with Gasteiger partial charge >= 0.3 is 0 Å². The molecule has 1 aliphatic rings. The van der Waals surface area contributed by atoms with Crippen molar-refractivity contribution in [3.63, 3.8) is 0 Å². The van der Waals surface area contributed by atoms with Crippen LogP contribution in [0, 0.1) is 11.3 Å². The van der Waals surface area contributed by atoms with Crippen molar-refractivity contribution in [2.75, 3.05) is 25.5 Å². The second-order valence-electron chi connectivity index (χ2n) is 6.30. The molecule has 0 aromatic heterocycles. The van der Waals surface area contributed by atoms with Crippen molar-refractivity contribution in [2.45, 2.75) is 19.1 Å². The van der Waals surface area contributed by atoms with Crippen LogP contribution in [0.5, 0.6) is 11.5 Å². The summed E-state index contributed by atoms with van der Waals surface area (Å²) in [5.41, 5.74) is 1.12. The predicted molar refractivity (Wildman–Crippen MR) is 98.2 cm³/mol. The summed E-state index contributed by atoms with van der Waals surface area (Å²) < 4.78 is 11.7. The number of amides is 1. The van der Waals surface area contributed by atoms with Crippen LogP contribution in [0.15, 0.2) is 48.5 Å². The fourth-order valence-corrected chi connectivity index (χ4v) is 2.75. The minimum atomic E-state index is -0.360. The highest BCUT2D eigenvalue weighted by Crippen LogP contribution is 2.31. The molecule has 0 bridgehead atoms. The van der Waals surface area contributed by atoms with Gasteiger partial charge in [-0.1, -0.05) is 18.2 Å². The van der Waals surface area contributed by atoms with E-state index in [9.17, 15) is 4.79 Å². The molecule has 1 heterocycles. The monoisotopic (exact) mass is 351 g/mol. The number of nitrogens with zero attached hydrogens (tertiary/aromatic N) is 2. The summed E-state index contributed by atoms with van der Waals surface area (Å²) in [4.78, 5) is 14.4. The van der Waals surface area contributed by atoms with Gasteiger partial charge in [0.2, 0.25) is 5.91 Å². The Balaban J connectivity index is 1.56. The van der Waals surface area contributed by atoms with Gasteiger partial charge in [-0.05, 0) is 44.3 Å². The van der Waals surface area contributed by atoms with Crippen molar-refractivity contribution in [3.05, 3.63) is 54.1 Å². The van der Waals surface area contributed by atoms with E-state index in [1.807, 2.05) is 43.1 Å². The van der Waals surface area contributed by atoms with Crippen LogP contribution < -0.4 is 14.8 Å². The molecule has 0 fully saturated rings. The molecule has 0 spiro atoms. The van der Waals surface area contributed by atoms with E-state index in [1.165, 1.54) is 0 Å². The SMILES string of the molecule is C[C@H](C(=O)Nc1cccc(C#N)c1)N(C)C[C@@H]1COc2ccccc2O1. The molecule has 2 aromatic rings. The minimum Gasteiger partial charge on any atom is -0.486 e. The summed E-state index contributed by atoms with van der Waals surface area (Å²) >= 11 is 0. The van der Waals surface area contributed by atoms with E-state index in [0.717, 1.165) is 11.5 Å². The molecule has 0 saturated carbocycles. The van der Waals surface area contributed by atoms with Crippen LogP contribution in [-0.2, 0) is 4.79 Å². The topological polar surface area (TPSA) is 74.6 Å². The highest BCUT2D eigenvalue weighted by molar-refractivity contribution is 5.94. The third-order valence-corrected chi connectivity index (χ3v) is 4.36. The van der Waals surface area contributed by atoms with Gasteiger partial charge in [-0.2, -0.15) is 5.26 Å². The van der Waals surface area contributed by atoms with Gasteiger partial charge in [0.15, 0.2) is 11.5 Å². The number of nitriles is 1. The van der Waals surface area contributed by atoms with E-state index in [2.05, 4.69) is 11.4 Å². The normalized spacial score (nSPS) is 16.6. The maximum Gasteiger partial charge on any atom is 0.241 e. The standard InChI is InChI=1S/C20H21N3O3/c1-14(20(24)22-16-7-5-6-15(10-16)11-21)23(2)12-17-13-25-18-8-3-4-9-19(18)26-17/h3-10,14,17H,12-13H2,1-2H3,(H,22,24)/t14-,17-/m1/s1. The first-order valence-electron chi connectivity index (χ1n) is 8.46. The summed E-state index contributed by atoms with van der Waals surface area (Å²) in [7, 11) is 1.87. The van der Waals surface area contributed by atoms with Crippen molar-refractivity contribution in [1.29, 1.82) is 5.26 Å². The van der Waals surface area contributed by atoms with Gasteiger partial charge in [-0.3, -0.25) is 9.69 Å². The van der Waals surface area contributed by atoms with Crippen LogP contribution in [0.1, 0.15) is 12.5 Å². The number of fused-ring (bicyclic) bond motifs is 1. The number of nitrogens with one attached hydrogen (secondary N) is 1. The lowest BCUT2D eigenvalue weighted by Crippen LogP contribution is -2.46. The minimum absolute atomic E-state index is 0.139. The Morgan fingerprint density at radius 2 is 2.08 bits per heavy atom. The van der Waals surface area contributed by atoms with Crippen molar-refractivity contribution in [1.82, 2.24) is 4.90 Å². The van der Waals surface area contributed by atoms with E-state index in [1.54, 1.807) is 24.3 Å². The number of carbonyl (C=O) groups is 1. The molecule has 2 atom stereocenters. The zero-order valence-electron chi connectivity index (χ0n) is 14.8. The Hall–Kier alpha value is -3.04. The van der Waals surface area contributed by atoms with Crippen LogP contribution in [-0.4, -0.2) is 43.2 Å². The molecular formula is C20H21N3O3. The number of carbonyl (C=O) groups excluding carboxylic acids is 1. The zero-order valence-corrected chi connectivity index (χ0v) is 14.8. The van der Waals surface area contributed by atoms with E-state index >= 15 is 0 Å². The number of rotatable bonds is 5. The first-order valence-corrected chi connectivity index (χ1v) is 8.46. The number of benzene rings is 2. The van der Waals surface area contributed by atoms with Crippen molar-refractivity contribution < 1.29 is 14.3 Å². The lowest BCUT2D eigenvalue weighted by atomic mass is 10.2. The maximum atomic E-state index is 12.5. The van der Waals surface area contributed by atoms with Gasteiger partial charge in [0, 0.05) is 12.2 Å². The molecule has 0 aliphatic carbocycles.